The van der Waals surface area contributed by atoms with Crippen LogP contribution < -0.4 is 5.32 Å². The maximum absolute atomic E-state index is 6.28. The van der Waals surface area contributed by atoms with Gasteiger partial charge < -0.3 is 10.1 Å². The molecule has 1 spiro atoms. The van der Waals surface area contributed by atoms with Crippen LogP contribution in [0.2, 0.25) is 0 Å². The Morgan fingerprint density at radius 3 is 3.00 bits per heavy atom. The molecule has 1 N–H and O–H groups in total. The van der Waals surface area contributed by atoms with Gasteiger partial charge in [-0.25, -0.2) is 0 Å². The fraction of sp³-hybridized carbons (Fsp3) is 1.00. The van der Waals surface area contributed by atoms with E-state index in [0.29, 0.717) is 6.04 Å². The number of morpholine rings is 1. The average molecular weight is 239 g/mol. The van der Waals surface area contributed by atoms with E-state index in [1.54, 1.807) is 0 Å². The molecular formula is C15H29NO. The van der Waals surface area contributed by atoms with Crippen LogP contribution in [0.3, 0.4) is 0 Å². The quantitative estimate of drug-likeness (QED) is 0.814. The Hall–Kier alpha value is -0.0800. The van der Waals surface area contributed by atoms with E-state index in [2.05, 4.69) is 19.2 Å². The van der Waals surface area contributed by atoms with Crippen LogP contribution in [0.25, 0.3) is 0 Å². The van der Waals surface area contributed by atoms with E-state index in [1.807, 2.05) is 0 Å². The Morgan fingerprint density at radius 1 is 1.29 bits per heavy atom. The summed E-state index contributed by atoms with van der Waals surface area (Å²) in [4.78, 5) is 0. The number of unbranched alkanes of at least 4 members (excludes halogenated alkanes) is 1. The molecule has 2 heteroatoms. The Labute approximate surface area is 107 Å². The largest absolute Gasteiger partial charge is 0.372 e. The lowest BCUT2D eigenvalue weighted by atomic mass is 9.82. The van der Waals surface area contributed by atoms with Crippen LogP contribution in [0.4, 0.5) is 0 Å². The molecule has 3 atom stereocenters. The lowest BCUT2D eigenvalue weighted by Gasteiger charge is -2.44. The Balaban J connectivity index is 2.01. The third-order valence-electron chi connectivity index (χ3n) is 4.72. The number of ether oxygens (including phenoxy) is 1. The monoisotopic (exact) mass is 239 g/mol. The molecule has 17 heavy (non-hydrogen) atoms. The van der Waals surface area contributed by atoms with E-state index in [0.717, 1.165) is 19.1 Å². The number of nitrogens with one attached hydrogen (secondary N) is 1. The van der Waals surface area contributed by atoms with E-state index in [4.69, 9.17) is 4.74 Å². The Bertz CT molecular complexity index is 231. The van der Waals surface area contributed by atoms with Gasteiger partial charge >= 0.3 is 0 Å². The molecule has 0 aromatic carbocycles. The van der Waals surface area contributed by atoms with Gasteiger partial charge in [-0.1, -0.05) is 39.5 Å². The molecule has 2 rings (SSSR count). The molecule has 1 heterocycles. The van der Waals surface area contributed by atoms with Crippen molar-refractivity contribution in [3.8, 4) is 0 Å². The van der Waals surface area contributed by atoms with Gasteiger partial charge in [0, 0.05) is 12.6 Å². The minimum Gasteiger partial charge on any atom is -0.372 e. The molecule has 0 aromatic heterocycles. The van der Waals surface area contributed by atoms with Crippen LogP contribution in [-0.2, 0) is 4.74 Å². The summed E-state index contributed by atoms with van der Waals surface area (Å²) in [6.45, 7) is 6.64. The molecule has 2 aliphatic rings. The molecule has 0 bridgehead atoms. The lowest BCUT2D eigenvalue weighted by molar-refractivity contribution is -0.108. The molecular weight excluding hydrogens is 210 g/mol. The molecule has 2 fully saturated rings. The summed E-state index contributed by atoms with van der Waals surface area (Å²) in [5.41, 5.74) is 0.179. The van der Waals surface area contributed by atoms with Crippen molar-refractivity contribution in [3.05, 3.63) is 0 Å². The van der Waals surface area contributed by atoms with Crippen LogP contribution in [0.5, 0.6) is 0 Å². The van der Waals surface area contributed by atoms with Crippen molar-refractivity contribution in [3.63, 3.8) is 0 Å². The molecule has 0 radical (unpaired) electrons. The van der Waals surface area contributed by atoms with Gasteiger partial charge in [0.15, 0.2) is 0 Å². The predicted molar refractivity (Wildman–Crippen MR) is 72.2 cm³/mol. The highest BCUT2D eigenvalue weighted by molar-refractivity contribution is 4.97. The van der Waals surface area contributed by atoms with Crippen LogP contribution in [-0.4, -0.2) is 24.8 Å². The van der Waals surface area contributed by atoms with Gasteiger partial charge in [0.05, 0.1) is 12.2 Å². The highest BCUT2D eigenvalue weighted by Crippen LogP contribution is 2.38. The zero-order chi connectivity index (χ0) is 12.1. The molecule has 100 valence electrons. The van der Waals surface area contributed by atoms with Gasteiger partial charge in [0.1, 0.15) is 0 Å². The minimum atomic E-state index is 0.179. The molecule has 3 unspecified atom stereocenters. The third-order valence-corrected chi connectivity index (χ3v) is 4.72. The second kappa shape index (κ2) is 6.19. The molecule has 1 saturated carbocycles. The summed E-state index contributed by atoms with van der Waals surface area (Å²) in [7, 11) is 0. The van der Waals surface area contributed by atoms with Crippen LogP contribution >= 0.6 is 0 Å². The molecule has 1 saturated heterocycles. The van der Waals surface area contributed by atoms with E-state index in [9.17, 15) is 0 Å². The summed E-state index contributed by atoms with van der Waals surface area (Å²) in [5, 5.41) is 3.73. The standard InChI is InChI=1S/C15H29NO/c1-3-4-7-14-15(17-12-11-16-14)9-5-6-13(2)8-10-15/h13-14,16H,3-12H2,1-2H3. The van der Waals surface area contributed by atoms with Crippen molar-refractivity contribution in [1.29, 1.82) is 0 Å². The Kier molecular flexibility index (Phi) is 4.87. The van der Waals surface area contributed by atoms with Crippen molar-refractivity contribution >= 4 is 0 Å². The highest BCUT2D eigenvalue weighted by atomic mass is 16.5. The van der Waals surface area contributed by atoms with Gasteiger partial charge in [-0.15, -0.1) is 0 Å². The number of hydrogen-bond donors (Lipinski definition) is 1. The summed E-state index contributed by atoms with van der Waals surface area (Å²) >= 11 is 0. The van der Waals surface area contributed by atoms with Gasteiger partial charge in [-0.3, -0.25) is 0 Å². The maximum atomic E-state index is 6.28. The van der Waals surface area contributed by atoms with E-state index < -0.39 is 0 Å². The van der Waals surface area contributed by atoms with Crippen LogP contribution in [0.1, 0.15) is 65.2 Å². The van der Waals surface area contributed by atoms with Crippen molar-refractivity contribution in [2.24, 2.45) is 5.92 Å². The number of hydrogen-bond acceptors (Lipinski definition) is 2. The smallest absolute Gasteiger partial charge is 0.0835 e. The zero-order valence-electron chi connectivity index (χ0n) is 11.6. The van der Waals surface area contributed by atoms with Crippen molar-refractivity contribution in [1.82, 2.24) is 5.32 Å². The van der Waals surface area contributed by atoms with E-state index >= 15 is 0 Å². The first kappa shape index (κ1) is 13.4. The van der Waals surface area contributed by atoms with Crippen LogP contribution in [0, 0.1) is 5.92 Å². The molecule has 2 nitrogen and oxygen atoms in total. The fourth-order valence-corrected chi connectivity index (χ4v) is 3.55. The normalized spacial score (nSPS) is 39.2. The predicted octanol–water partition coefficient (Wildman–Crippen LogP) is 3.50. The summed E-state index contributed by atoms with van der Waals surface area (Å²) in [5.74, 6) is 0.895. The van der Waals surface area contributed by atoms with Crippen molar-refractivity contribution in [2.75, 3.05) is 13.2 Å². The van der Waals surface area contributed by atoms with Gasteiger partial charge in [0.2, 0.25) is 0 Å². The molecule has 1 aliphatic carbocycles. The first-order valence-electron chi connectivity index (χ1n) is 7.64. The molecule has 1 aliphatic heterocycles. The van der Waals surface area contributed by atoms with Gasteiger partial charge in [-0.2, -0.15) is 0 Å². The van der Waals surface area contributed by atoms with Gasteiger partial charge in [-0.05, 0) is 31.6 Å². The van der Waals surface area contributed by atoms with Crippen molar-refractivity contribution < 1.29 is 4.74 Å². The van der Waals surface area contributed by atoms with Crippen molar-refractivity contribution in [2.45, 2.75) is 76.9 Å². The maximum Gasteiger partial charge on any atom is 0.0835 e. The minimum absolute atomic E-state index is 0.179. The Morgan fingerprint density at radius 2 is 2.18 bits per heavy atom. The molecule has 0 aromatic rings. The lowest BCUT2D eigenvalue weighted by Crippen LogP contribution is -2.57. The first-order valence-corrected chi connectivity index (χ1v) is 7.64. The number of rotatable bonds is 3. The average Bonchev–Trinajstić information content (AvgIpc) is 2.52. The summed E-state index contributed by atoms with van der Waals surface area (Å²) in [6.07, 6.45) is 10.6. The second-order valence-corrected chi connectivity index (χ2v) is 6.10. The second-order valence-electron chi connectivity index (χ2n) is 6.10. The zero-order valence-corrected chi connectivity index (χ0v) is 11.6. The topological polar surface area (TPSA) is 21.3 Å². The SMILES string of the molecule is CCCCC1NCCOC12CCCC(C)CC2. The fourth-order valence-electron chi connectivity index (χ4n) is 3.55. The first-order chi connectivity index (χ1) is 8.27. The van der Waals surface area contributed by atoms with E-state index in [1.165, 1.54) is 51.4 Å². The van der Waals surface area contributed by atoms with E-state index in [-0.39, 0.29) is 5.60 Å². The summed E-state index contributed by atoms with van der Waals surface area (Å²) < 4.78 is 6.28. The van der Waals surface area contributed by atoms with Gasteiger partial charge in [0.25, 0.3) is 0 Å². The highest BCUT2D eigenvalue weighted by Gasteiger charge is 2.42. The molecule has 0 amide bonds. The van der Waals surface area contributed by atoms with Crippen LogP contribution in [0.15, 0.2) is 0 Å². The third kappa shape index (κ3) is 3.23. The summed E-state index contributed by atoms with van der Waals surface area (Å²) in [6, 6.07) is 0.612.